The van der Waals surface area contributed by atoms with Crippen molar-refractivity contribution in [3.05, 3.63) is 35.0 Å². The molecule has 0 radical (unpaired) electrons. The van der Waals surface area contributed by atoms with Crippen LogP contribution in [0.25, 0.3) is 10.9 Å². The second kappa shape index (κ2) is 7.05. The van der Waals surface area contributed by atoms with Crippen LogP contribution in [0, 0.1) is 0 Å². The third-order valence-corrected chi connectivity index (χ3v) is 5.91. The van der Waals surface area contributed by atoms with Gasteiger partial charge in [0.1, 0.15) is 0 Å². The van der Waals surface area contributed by atoms with Gasteiger partial charge in [0.25, 0.3) is 5.91 Å². The second-order valence-electron chi connectivity index (χ2n) is 8.14. The number of H-pyrrole nitrogens is 1. The summed E-state index contributed by atoms with van der Waals surface area (Å²) in [6, 6.07) is 6.05. The van der Waals surface area contributed by atoms with Crippen molar-refractivity contribution in [3.63, 3.8) is 0 Å². The number of morpholine rings is 1. The molecule has 2 aromatic rings. The average molecular weight is 355 g/mol. The first-order chi connectivity index (χ1) is 12.5. The van der Waals surface area contributed by atoms with Crippen LogP contribution < -0.4 is 5.32 Å². The summed E-state index contributed by atoms with van der Waals surface area (Å²) in [7, 11) is 0. The summed E-state index contributed by atoms with van der Waals surface area (Å²) in [5.74, 6) is 0.0130. The maximum Gasteiger partial charge on any atom is 0.251 e. The minimum absolute atomic E-state index is 0.0130. The minimum Gasteiger partial charge on any atom is -0.379 e. The summed E-state index contributed by atoms with van der Waals surface area (Å²) < 4.78 is 5.44. The van der Waals surface area contributed by atoms with Gasteiger partial charge < -0.3 is 15.0 Å². The molecule has 2 aliphatic rings. The normalized spacial score (nSPS) is 18.7. The van der Waals surface area contributed by atoms with Crippen molar-refractivity contribution in [2.45, 2.75) is 45.1 Å². The van der Waals surface area contributed by atoms with Crippen LogP contribution in [0.5, 0.6) is 0 Å². The molecule has 2 N–H and O–H groups in total. The molecular weight excluding hydrogens is 326 g/mol. The van der Waals surface area contributed by atoms with Crippen molar-refractivity contribution in [1.82, 2.24) is 15.2 Å². The Hall–Kier alpha value is -1.85. The molecule has 0 bridgehead atoms. The summed E-state index contributed by atoms with van der Waals surface area (Å²) >= 11 is 0. The van der Waals surface area contributed by atoms with E-state index >= 15 is 0 Å². The first kappa shape index (κ1) is 17.6. The highest BCUT2D eigenvalue weighted by Gasteiger charge is 2.28. The Kier molecular flexibility index (Phi) is 4.76. The van der Waals surface area contributed by atoms with Gasteiger partial charge >= 0.3 is 0 Å². The largest absolute Gasteiger partial charge is 0.379 e. The van der Waals surface area contributed by atoms with Gasteiger partial charge in [0, 0.05) is 47.3 Å². The van der Waals surface area contributed by atoms with Gasteiger partial charge in [-0.3, -0.25) is 9.69 Å². The number of aromatic amines is 1. The lowest BCUT2D eigenvalue weighted by Crippen LogP contribution is -2.55. The van der Waals surface area contributed by atoms with E-state index < -0.39 is 0 Å². The first-order valence-electron chi connectivity index (χ1n) is 9.79. The van der Waals surface area contributed by atoms with Crippen LogP contribution in [0.15, 0.2) is 18.2 Å². The van der Waals surface area contributed by atoms with Crippen molar-refractivity contribution in [2.24, 2.45) is 0 Å². The van der Waals surface area contributed by atoms with E-state index in [4.69, 9.17) is 4.74 Å². The zero-order valence-corrected chi connectivity index (χ0v) is 15.9. The van der Waals surface area contributed by atoms with E-state index in [1.807, 2.05) is 6.07 Å². The number of carbonyl (C=O) groups is 1. The maximum atomic E-state index is 12.7. The molecule has 26 heavy (non-hydrogen) atoms. The number of fused-ring (bicyclic) bond motifs is 3. The fourth-order valence-electron chi connectivity index (χ4n) is 4.23. The molecule has 0 spiro atoms. The number of nitrogens with zero attached hydrogens (tertiary/aromatic N) is 1. The Morgan fingerprint density at radius 1 is 1.23 bits per heavy atom. The molecule has 1 saturated heterocycles. The Morgan fingerprint density at radius 2 is 2.00 bits per heavy atom. The summed E-state index contributed by atoms with van der Waals surface area (Å²) in [4.78, 5) is 18.7. The molecular formula is C21H29N3O2. The Morgan fingerprint density at radius 3 is 2.81 bits per heavy atom. The number of hydrogen-bond donors (Lipinski definition) is 2. The Balaban J connectivity index is 1.47. The number of aromatic nitrogens is 1. The van der Waals surface area contributed by atoms with Gasteiger partial charge in [0.05, 0.1) is 13.2 Å². The van der Waals surface area contributed by atoms with Crippen LogP contribution in [0.1, 0.15) is 48.3 Å². The van der Waals surface area contributed by atoms with Gasteiger partial charge in [-0.2, -0.15) is 0 Å². The van der Waals surface area contributed by atoms with Crippen molar-refractivity contribution in [1.29, 1.82) is 0 Å². The topological polar surface area (TPSA) is 57.4 Å². The number of amides is 1. The van der Waals surface area contributed by atoms with Gasteiger partial charge in [-0.15, -0.1) is 0 Å². The van der Waals surface area contributed by atoms with Crippen molar-refractivity contribution in [3.8, 4) is 0 Å². The fraction of sp³-hybridized carbons (Fsp3) is 0.571. The first-order valence-corrected chi connectivity index (χ1v) is 9.79. The number of benzene rings is 1. The van der Waals surface area contributed by atoms with Crippen LogP contribution in [0.4, 0.5) is 0 Å². The van der Waals surface area contributed by atoms with Crippen molar-refractivity contribution in [2.75, 3.05) is 32.8 Å². The lowest BCUT2D eigenvalue weighted by molar-refractivity contribution is -0.00923. The fourth-order valence-corrected chi connectivity index (χ4v) is 4.23. The molecule has 1 aromatic heterocycles. The number of rotatable bonds is 4. The van der Waals surface area contributed by atoms with Crippen LogP contribution in [0.2, 0.25) is 0 Å². The number of nitrogens with one attached hydrogen (secondary N) is 2. The van der Waals surface area contributed by atoms with Gasteiger partial charge in [0.2, 0.25) is 0 Å². The summed E-state index contributed by atoms with van der Waals surface area (Å²) in [5, 5.41) is 4.36. The van der Waals surface area contributed by atoms with Crippen molar-refractivity contribution < 1.29 is 9.53 Å². The van der Waals surface area contributed by atoms with E-state index in [0.717, 1.165) is 50.2 Å². The summed E-state index contributed by atoms with van der Waals surface area (Å²) in [5.41, 5.74) is 4.60. The Labute approximate surface area is 155 Å². The lowest BCUT2D eigenvalue weighted by atomic mass is 9.95. The molecule has 1 amide bonds. The molecule has 0 unspecified atom stereocenters. The van der Waals surface area contributed by atoms with E-state index in [1.165, 1.54) is 29.5 Å². The van der Waals surface area contributed by atoms with Crippen LogP contribution in [-0.4, -0.2) is 54.2 Å². The molecule has 1 aromatic carbocycles. The van der Waals surface area contributed by atoms with E-state index in [2.05, 4.69) is 41.2 Å². The quantitative estimate of drug-likeness (QED) is 0.887. The van der Waals surface area contributed by atoms with E-state index in [9.17, 15) is 4.79 Å². The second-order valence-corrected chi connectivity index (χ2v) is 8.14. The minimum atomic E-state index is -0.0726. The van der Waals surface area contributed by atoms with E-state index in [-0.39, 0.29) is 11.4 Å². The monoisotopic (exact) mass is 355 g/mol. The molecule has 1 aliphatic carbocycles. The number of carbonyl (C=O) groups excluding carboxylic acids is 1. The third-order valence-electron chi connectivity index (χ3n) is 5.91. The van der Waals surface area contributed by atoms with E-state index in [1.54, 1.807) is 0 Å². The summed E-state index contributed by atoms with van der Waals surface area (Å²) in [6.45, 7) is 8.39. The highest BCUT2D eigenvalue weighted by atomic mass is 16.5. The molecule has 5 nitrogen and oxygen atoms in total. The highest BCUT2D eigenvalue weighted by molar-refractivity contribution is 5.99. The number of aryl methyl sites for hydroxylation is 2. The maximum absolute atomic E-state index is 12.7. The van der Waals surface area contributed by atoms with Gasteiger partial charge in [-0.05, 0) is 63.3 Å². The molecule has 2 heterocycles. The van der Waals surface area contributed by atoms with Crippen molar-refractivity contribution >= 4 is 16.8 Å². The van der Waals surface area contributed by atoms with Gasteiger partial charge in [-0.1, -0.05) is 0 Å². The van der Waals surface area contributed by atoms with Crippen LogP contribution >= 0.6 is 0 Å². The predicted molar refractivity (Wildman–Crippen MR) is 104 cm³/mol. The van der Waals surface area contributed by atoms with Crippen LogP contribution in [0.3, 0.4) is 0 Å². The highest BCUT2D eigenvalue weighted by Crippen LogP contribution is 2.29. The third kappa shape index (κ3) is 3.38. The van der Waals surface area contributed by atoms with Crippen LogP contribution in [-0.2, 0) is 17.6 Å². The lowest BCUT2D eigenvalue weighted by Gasteiger charge is -2.40. The summed E-state index contributed by atoms with van der Waals surface area (Å²) in [6.07, 6.45) is 4.73. The average Bonchev–Trinajstić information content (AvgIpc) is 3.05. The zero-order chi connectivity index (χ0) is 18.1. The molecule has 0 atom stereocenters. The zero-order valence-electron chi connectivity index (χ0n) is 15.9. The SMILES string of the molecule is CC(C)(CNC(=O)c1ccc2[nH]c3c(c2c1)CCCC3)N1CCOCC1. The molecule has 1 fully saturated rings. The molecule has 1 aliphatic heterocycles. The number of ether oxygens (including phenoxy) is 1. The molecule has 0 saturated carbocycles. The predicted octanol–water partition coefficient (Wildman–Crippen LogP) is 2.89. The Bertz CT molecular complexity index is 803. The molecule has 5 heteroatoms. The van der Waals surface area contributed by atoms with Gasteiger partial charge in [0.15, 0.2) is 0 Å². The smallest absolute Gasteiger partial charge is 0.251 e. The standard InChI is InChI=1S/C21H29N3O2/c1-21(2,24-9-11-26-12-10-24)14-22-20(25)15-7-8-19-17(13-15)16-5-3-4-6-18(16)23-19/h7-8,13,23H,3-6,9-12,14H2,1-2H3,(H,22,25). The molecule has 4 rings (SSSR count). The number of hydrogen-bond acceptors (Lipinski definition) is 3. The van der Waals surface area contributed by atoms with Gasteiger partial charge in [-0.25, -0.2) is 0 Å². The molecule has 140 valence electrons. The van der Waals surface area contributed by atoms with E-state index in [0.29, 0.717) is 6.54 Å².